The molecule has 162 valence electrons. The molecular formula is C19H24N4O5S2. The first-order chi connectivity index (χ1) is 14.2. The fourth-order valence-corrected chi connectivity index (χ4v) is 6.97. The minimum absolute atomic E-state index is 0.0311. The first kappa shape index (κ1) is 21.3. The van der Waals surface area contributed by atoms with Crippen molar-refractivity contribution in [2.24, 2.45) is 17.6 Å². The van der Waals surface area contributed by atoms with Crippen molar-refractivity contribution >= 4 is 40.9 Å². The molecule has 2 saturated heterocycles. The lowest BCUT2D eigenvalue weighted by atomic mass is 9.79. The van der Waals surface area contributed by atoms with Crippen molar-refractivity contribution in [2.75, 3.05) is 6.54 Å². The zero-order valence-electron chi connectivity index (χ0n) is 16.6. The van der Waals surface area contributed by atoms with Gasteiger partial charge in [0.1, 0.15) is 10.7 Å². The van der Waals surface area contributed by atoms with Crippen molar-refractivity contribution in [1.82, 2.24) is 15.2 Å². The number of fused-ring (bicyclic) bond motifs is 1. The number of carbonyl (C=O) groups excluding carboxylic acids is 2. The van der Waals surface area contributed by atoms with Gasteiger partial charge in [-0.15, -0.1) is 23.1 Å². The van der Waals surface area contributed by atoms with Crippen LogP contribution >= 0.6 is 23.1 Å². The van der Waals surface area contributed by atoms with Crippen LogP contribution in [-0.2, 0) is 20.8 Å². The van der Waals surface area contributed by atoms with Crippen LogP contribution in [0.15, 0.2) is 16.0 Å². The number of aromatic nitrogens is 1. The van der Waals surface area contributed by atoms with Crippen molar-refractivity contribution in [2.45, 2.75) is 50.1 Å². The largest absolute Gasteiger partial charge is 0.477 e. The van der Waals surface area contributed by atoms with Crippen LogP contribution < -0.4 is 11.1 Å². The van der Waals surface area contributed by atoms with E-state index in [9.17, 15) is 24.6 Å². The molecule has 4 heterocycles. The van der Waals surface area contributed by atoms with Gasteiger partial charge < -0.3 is 26.2 Å². The summed E-state index contributed by atoms with van der Waals surface area (Å²) in [7, 11) is 0. The Labute approximate surface area is 181 Å². The van der Waals surface area contributed by atoms with Gasteiger partial charge in [-0.25, -0.2) is 9.78 Å². The number of β-lactam (4-membered cyclic amide) rings is 1. The van der Waals surface area contributed by atoms with Crippen molar-refractivity contribution in [3.8, 4) is 0 Å². The van der Waals surface area contributed by atoms with Gasteiger partial charge in [0.2, 0.25) is 11.8 Å². The van der Waals surface area contributed by atoms with Gasteiger partial charge in [-0.3, -0.25) is 9.59 Å². The number of carboxylic acids is 1. The number of primary amides is 1. The van der Waals surface area contributed by atoms with Gasteiger partial charge in [-0.05, 0) is 13.3 Å². The third-order valence-corrected chi connectivity index (χ3v) is 8.44. The molecule has 5 N–H and O–H groups in total. The van der Waals surface area contributed by atoms with E-state index >= 15 is 0 Å². The molecule has 1 aromatic rings. The van der Waals surface area contributed by atoms with Crippen molar-refractivity contribution in [3.05, 3.63) is 26.7 Å². The highest BCUT2D eigenvalue weighted by molar-refractivity contribution is 8.03. The molecule has 9 nitrogen and oxygen atoms in total. The maximum atomic E-state index is 12.5. The number of nitrogens with two attached hydrogens (primary N) is 1. The first-order valence-corrected chi connectivity index (χ1v) is 11.6. The van der Waals surface area contributed by atoms with Gasteiger partial charge in [-0.2, -0.15) is 0 Å². The number of aliphatic carboxylic acids is 1. The number of aliphatic hydroxyl groups is 1. The molecule has 0 radical (unpaired) electrons. The lowest BCUT2D eigenvalue weighted by Gasteiger charge is -2.46. The van der Waals surface area contributed by atoms with E-state index < -0.39 is 23.9 Å². The van der Waals surface area contributed by atoms with Crippen LogP contribution in [0.25, 0.3) is 0 Å². The molecule has 6 atom stereocenters. The fraction of sp³-hybridized carbons (Fsp3) is 0.579. The normalized spacial score (nSPS) is 31.6. The average Bonchev–Trinajstić information content (AvgIpc) is 3.34. The first-order valence-electron chi connectivity index (χ1n) is 9.80. The van der Waals surface area contributed by atoms with Crippen LogP contribution in [0.1, 0.15) is 37.0 Å². The van der Waals surface area contributed by atoms with E-state index in [2.05, 4.69) is 10.3 Å². The van der Waals surface area contributed by atoms with E-state index in [0.29, 0.717) is 17.1 Å². The Bertz CT molecular complexity index is 930. The molecule has 3 aliphatic rings. The summed E-state index contributed by atoms with van der Waals surface area (Å²) in [4.78, 5) is 42.0. The Morgan fingerprint density at radius 3 is 2.87 bits per heavy atom. The van der Waals surface area contributed by atoms with Gasteiger partial charge in [0.15, 0.2) is 0 Å². The Hall–Kier alpha value is -1.95. The molecule has 11 heteroatoms. The standard InChI is InChI=1S/C19H24N4O5S2/c1-7-14-13(8(2)24)18(26)23(14)15(19(27)28)16(7)30-10-4-11(21-5-10)17-22-9(6-29-17)3-12(20)25/h6-8,10-11,13-14,21,24H,3-5H2,1-2H3,(H2,20,25)(H,27,28)/t7-,8-,10+,11+,13?,14?/m1/s1. The Kier molecular flexibility index (Phi) is 5.64. The molecule has 0 saturated carbocycles. The Balaban J connectivity index is 1.48. The molecule has 0 aromatic carbocycles. The maximum Gasteiger partial charge on any atom is 0.353 e. The van der Waals surface area contributed by atoms with E-state index in [1.807, 2.05) is 12.3 Å². The topological polar surface area (TPSA) is 146 Å². The van der Waals surface area contributed by atoms with Gasteiger partial charge >= 0.3 is 5.97 Å². The number of hydrogen-bond acceptors (Lipinski definition) is 8. The third kappa shape index (κ3) is 3.53. The average molecular weight is 453 g/mol. The Morgan fingerprint density at radius 1 is 1.50 bits per heavy atom. The van der Waals surface area contributed by atoms with Crippen LogP contribution in [0.3, 0.4) is 0 Å². The summed E-state index contributed by atoms with van der Waals surface area (Å²) in [6.45, 7) is 4.18. The molecule has 2 amide bonds. The molecule has 2 fully saturated rings. The summed E-state index contributed by atoms with van der Waals surface area (Å²) in [6.07, 6.45) is 0.0665. The van der Waals surface area contributed by atoms with Gasteiger partial charge in [-0.1, -0.05) is 6.92 Å². The van der Waals surface area contributed by atoms with Crippen LogP contribution in [0.2, 0.25) is 0 Å². The van der Waals surface area contributed by atoms with Gasteiger partial charge in [0.05, 0.1) is 36.2 Å². The van der Waals surface area contributed by atoms with Crippen LogP contribution in [0.4, 0.5) is 0 Å². The lowest BCUT2D eigenvalue weighted by Crippen LogP contribution is -2.63. The number of carbonyl (C=O) groups is 3. The predicted octanol–water partition coefficient (Wildman–Crippen LogP) is 0.461. The van der Waals surface area contributed by atoms with Crippen LogP contribution in [-0.4, -0.2) is 61.8 Å². The monoisotopic (exact) mass is 452 g/mol. The Morgan fingerprint density at radius 2 is 2.23 bits per heavy atom. The predicted molar refractivity (Wildman–Crippen MR) is 111 cm³/mol. The highest BCUT2D eigenvalue weighted by Crippen LogP contribution is 2.52. The van der Waals surface area contributed by atoms with Crippen LogP contribution in [0, 0.1) is 11.8 Å². The van der Waals surface area contributed by atoms with Gasteiger partial charge in [0, 0.05) is 28.0 Å². The second-order valence-corrected chi connectivity index (χ2v) is 10.3. The van der Waals surface area contributed by atoms with E-state index in [4.69, 9.17) is 5.73 Å². The summed E-state index contributed by atoms with van der Waals surface area (Å²) in [5.41, 5.74) is 5.94. The van der Waals surface area contributed by atoms with E-state index in [1.165, 1.54) is 28.0 Å². The molecule has 4 rings (SSSR count). The van der Waals surface area contributed by atoms with Crippen molar-refractivity contribution in [1.29, 1.82) is 0 Å². The molecule has 0 aliphatic carbocycles. The smallest absolute Gasteiger partial charge is 0.353 e. The lowest BCUT2D eigenvalue weighted by molar-refractivity contribution is -0.163. The van der Waals surface area contributed by atoms with E-state index in [0.717, 1.165) is 11.4 Å². The number of aliphatic hydroxyl groups excluding tert-OH is 1. The summed E-state index contributed by atoms with van der Waals surface area (Å²) in [5, 5.41) is 26.0. The van der Waals surface area contributed by atoms with Gasteiger partial charge in [0.25, 0.3) is 0 Å². The second-order valence-electron chi connectivity index (χ2n) is 8.03. The number of hydrogen-bond donors (Lipinski definition) is 4. The molecule has 2 unspecified atom stereocenters. The summed E-state index contributed by atoms with van der Waals surface area (Å²) >= 11 is 2.98. The van der Waals surface area contributed by atoms with Crippen LogP contribution in [0.5, 0.6) is 0 Å². The summed E-state index contributed by atoms with van der Waals surface area (Å²) in [5.74, 6) is -2.54. The second kappa shape index (κ2) is 7.95. The fourth-order valence-electron chi connectivity index (χ4n) is 4.58. The highest BCUT2D eigenvalue weighted by Gasteiger charge is 2.60. The van der Waals surface area contributed by atoms with E-state index in [1.54, 1.807) is 6.92 Å². The van der Waals surface area contributed by atoms with Crippen molar-refractivity contribution < 1.29 is 24.6 Å². The number of thiazole rings is 1. The SMILES string of the molecule is C[C@@H](O)C1C(=O)N2C(C(=O)O)=C(S[C@@H]3CN[C@H](c4nc(CC(N)=O)cs4)C3)[C@H](C)C12. The maximum absolute atomic E-state index is 12.5. The number of rotatable bonds is 7. The minimum atomic E-state index is -1.11. The number of carboxylic acid groups (broad SMARTS) is 1. The number of thioether (sulfide) groups is 1. The molecule has 30 heavy (non-hydrogen) atoms. The van der Waals surface area contributed by atoms with Crippen molar-refractivity contribution in [3.63, 3.8) is 0 Å². The molecule has 0 bridgehead atoms. The number of amides is 2. The molecule has 0 spiro atoms. The zero-order valence-corrected chi connectivity index (χ0v) is 18.2. The van der Waals surface area contributed by atoms with E-state index in [-0.39, 0.29) is 41.3 Å². The number of nitrogens with one attached hydrogen (secondary N) is 1. The summed E-state index contributed by atoms with van der Waals surface area (Å²) in [6, 6.07) is -0.268. The number of nitrogens with zero attached hydrogens (tertiary/aromatic N) is 2. The summed E-state index contributed by atoms with van der Waals surface area (Å²) < 4.78 is 0. The molecular weight excluding hydrogens is 428 g/mol. The minimum Gasteiger partial charge on any atom is -0.477 e. The zero-order chi connectivity index (χ0) is 21.7. The highest BCUT2D eigenvalue weighted by atomic mass is 32.2. The molecule has 1 aromatic heterocycles. The molecule has 3 aliphatic heterocycles. The quantitative estimate of drug-likeness (QED) is 0.437. The third-order valence-electron chi connectivity index (χ3n) is 5.92.